The molecule has 3 aromatic rings. The maximum Gasteiger partial charge on any atom is 0.150 e. The summed E-state index contributed by atoms with van der Waals surface area (Å²) in [7, 11) is 0. The third-order valence-corrected chi connectivity index (χ3v) is 4.60. The Bertz CT molecular complexity index is 805. The molecule has 0 spiro atoms. The quantitative estimate of drug-likeness (QED) is 0.703. The molecule has 26 heavy (non-hydrogen) atoms. The van der Waals surface area contributed by atoms with Gasteiger partial charge in [-0.2, -0.15) is 5.10 Å². The molecule has 4 rings (SSSR count). The minimum absolute atomic E-state index is 0.603. The molecule has 8 nitrogen and oxygen atoms in total. The predicted molar refractivity (Wildman–Crippen MR) is 97.6 cm³/mol. The first-order valence-electron chi connectivity index (χ1n) is 8.90. The molecule has 0 bridgehead atoms. The molecule has 2 N–H and O–H groups in total. The van der Waals surface area contributed by atoms with E-state index in [0.29, 0.717) is 11.7 Å². The average Bonchev–Trinajstić information content (AvgIpc) is 3.16. The fraction of sp³-hybridized carbons (Fsp3) is 0.389. The van der Waals surface area contributed by atoms with E-state index in [0.717, 1.165) is 37.6 Å². The van der Waals surface area contributed by atoms with E-state index in [4.69, 9.17) is 0 Å². The molecule has 4 heterocycles. The zero-order chi connectivity index (χ0) is 17.6. The van der Waals surface area contributed by atoms with Gasteiger partial charge in [0, 0.05) is 49.1 Å². The molecule has 1 fully saturated rings. The Kier molecular flexibility index (Phi) is 5.11. The molecular formula is C18H22N8. The fourth-order valence-electron chi connectivity index (χ4n) is 3.44. The van der Waals surface area contributed by atoms with Crippen LogP contribution in [0.1, 0.15) is 24.2 Å². The Labute approximate surface area is 152 Å². The highest BCUT2D eigenvalue weighted by atomic mass is 15.2. The van der Waals surface area contributed by atoms with E-state index < -0.39 is 0 Å². The van der Waals surface area contributed by atoms with Crippen LogP contribution >= 0.6 is 0 Å². The van der Waals surface area contributed by atoms with Gasteiger partial charge in [0.1, 0.15) is 18.0 Å². The van der Waals surface area contributed by atoms with Crippen LogP contribution in [0, 0.1) is 5.92 Å². The summed E-state index contributed by atoms with van der Waals surface area (Å²) >= 11 is 0. The lowest BCUT2D eigenvalue weighted by atomic mass is 9.93. The molecule has 1 atom stereocenters. The van der Waals surface area contributed by atoms with Crippen molar-refractivity contribution in [1.29, 1.82) is 0 Å². The van der Waals surface area contributed by atoms with Gasteiger partial charge in [0.15, 0.2) is 0 Å². The number of piperidine rings is 1. The first-order valence-corrected chi connectivity index (χ1v) is 8.90. The van der Waals surface area contributed by atoms with Gasteiger partial charge in [-0.25, -0.2) is 15.0 Å². The van der Waals surface area contributed by atoms with Crippen LogP contribution < -0.4 is 5.32 Å². The Morgan fingerprint density at radius 2 is 2.15 bits per heavy atom. The molecule has 0 unspecified atom stereocenters. The highest BCUT2D eigenvalue weighted by Gasteiger charge is 2.21. The lowest BCUT2D eigenvalue weighted by molar-refractivity contribution is 0.164. The minimum atomic E-state index is 0.603. The van der Waals surface area contributed by atoms with E-state index >= 15 is 0 Å². The van der Waals surface area contributed by atoms with Crippen LogP contribution in [0.4, 0.5) is 11.6 Å². The van der Waals surface area contributed by atoms with Gasteiger partial charge in [0.05, 0.1) is 6.20 Å². The van der Waals surface area contributed by atoms with Crippen molar-refractivity contribution in [3.05, 3.63) is 54.6 Å². The van der Waals surface area contributed by atoms with Gasteiger partial charge in [-0.3, -0.25) is 15.0 Å². The zero-order valence-electron chi connectivity index (χ0n) is 14.5. The molecule has 0 aromatic carbocycles. The SMILES string of the molecule is c1cnc(Nc2cc(C[C@@H]3CCCN(Cc4ccn[nH]4)C3)ncn2)cn1. The van der Waals surface area contributed by atoms with Crippen LogP contribution in [0.15, 0.2) is 43.2 Å². The lowest BCUT2D eigenvalue weighted by Gasteiger charge is -2.32. The minimum Gasteiger partial charge on any atom is -0.324 e. The van der Waals surface area contributed by atoms with Crippen LogP contribution in [-0.2, 0) is 13.0 Å². The van der Waals surface area contributed by atoms with E-state index in [9.17, 15) is 0 Å². The molecule has 0 radical (unpaired) electrons. The largest absolute Gasteiger partial charge is 0.324 e. The highest BCUT2D eigenvalue weighted by Crippen LogP contribution is 2.22. The Morgan fingerprint density at radius 3 is 3.00 bits per heavy atom. The Morgan fingerprint density at radius 1 is 1.15 bits per heavy atom. The lowest BCUT2D eigenvalue weighted by Crippen LogP contribution is -2.35. The number of hydrogen-bond acceptors (Lipinski definition) is 7. The molecule has 0 saturated carbocycles. The van der Waals surface area contributed by atoms with Crippen molar-refractivity contribution >= 4 is 11.6 Å². The molecule has 0 aliphatic carbocycles. The molecule has 8 heteroatoms. The number of anilines is 2. The van der Waals surface area contributed by atoms with Crippen molar-refractivity contribution < 1.29 is 0 Å². The maximum atomic E-state index is 4.45. The molecule has 1 aliphatic rings. The molecule has 0 amide bonds. The summed E-state index contributed by atoms with van der Waals surface area (Å²) in [4.78, 5) is 19.5. The monoisotopic (exact) mass is 350 g/mol. The van der Waals surface area contributed by atoms with Gasteiger partial charge in [-0.15, -0.1) is 0 Å². The second-order valence-electron chi connectivity index (χ2n) is 6.64. The van der Waals surface area contributed by atoms with Gasteiger partial charge < -0.3 is 5.32 Å². The third kappa shape index (κ3) is 4.40. The van der Waals surface area contributed by atoms with Crippen molar-refractivity contribution in [3.63, 3.8) is 0 Å². The molecular weight excluding hydrogens is 328 g/mol. The van der Waals surface area contributed by atoms with Crippen molar-refractivity contribution in [3.8, 4) is 0 Å². The van der Waals surface area contributed by atoms with Gasteiger partial charge in [0.2, 0.25) is 0 Å². The van der Waals surface area contributed by atoms with E-state index in [2.05, 4.69) is 40.3 Å². The Balaban J connectivity index is 1.36. The summed E-state index contributed by atoms with van der Waals surface area (Å²) < 4.78 is 0. The predicted octanol–water partition coefficient (Wildman–Crippen LogP) is 2.19. The molecule has 1 aliphatic heterocycles. The van der Waals surface area contributed by atoms with Crippen LogP contribution in [0.2, 0.25) is 0 Å². The van der Waals surface area contributed by atoms with E-state index in [1.165, 1.54) is 18.5 Å². The summed E-state index contributed by atoms with van der Waals surface area (Å²) in [5.41, 5.74) is 2.22. The maximum absolute atomic E-state index is 4.45. The summed E-state index contributed by atoms with van der Waals surface area (Å²) in [5.74, 6) is 2.03. The number of aromatic amines is 1. The van der Waals surface area contributed by atoms with Crippen molar-refractivity contribution in [1.82, 2.24) is 35.0 Å². The summed E-state index contributed by atoms with van der Waals surface area (Å²) in [6.45, 7) is 3.15. The smallest absolute Gasteiger partial charge is 0.150 e. The average molecular weight is 350 g/mol. The van der Waals surface area contributed by atoms with Crippen LogP contribution in [0.25, 0.3) is 0 Å². The third-order valence-electron chi connectivity index (χ3n) is 4.60. The second-order valence-corrected chi connectivity index (χ2v) is 6.64. The number of H-pyrrole nitrogens is 1. The highest BCUT2D eigenvalue weighted by molar-refractivity contribution is 5.49. The van der Waals surface area contributed by atoms with Crippen molar-refractivity contribution in [2.45, 2.75) is 25.8 Å². The van der Waals surface area contributed by atoms with Gasteiger partial charge >= 0.3 is 0 Å². The summed E-state index contributed by atoms with van der Waals surface area (Å²) in [6, 6.07) is 4.04. The van der Waals surface area contributed by atoms with Crippen LogP contribution in [-0.4, -0.2) is 48.1 Å². The van der Waals surface area contributed by atoms with E-state index in [1.807, 2.05) is 18.3 Å². The number of nitrogens with zero attached hydrogens (tertiary/aromatic N) is 6. The molecule has 134 valence electrons. The number of hydrogen-bond donors (Lipinski definition) is 2. The van der Waals surface area contributed by atoms with Gasteiger partial charge in [-0.05, 0) is 37.8 Å². The second kappa shape index (κ2) is 8.01. The fourth-order valence-corrected chi connectivity index (χ4v) is 3.44. The summed E-state index contributed by atoms with van der Waals surface area (Å²) in [6.07, 6.45) is 11.8. The molecule has 3 aromatic heterocycles. The number of nitrogens with one attached hydrogen (secondary N) is 2. The number of rotatable bonds is 6. The standard InChI is InChI=1S/C18H22N8/c1-2-14(11-26(7-1)12-15-3-4-23-25-15)8-16-9-17(22-13-21-16)24-18-10-19-5-6-20-18/h3-6,9-10,13-14H,1-2,7-8,11-12H2,(H,23,25)(H,20,21,22,24)/t14-/m0/s1. The van der Waals surface area contributed by atoms with E-state index in [-0.39, 0.29) is 0 Å². The van der Waals surface area contributed by atoms with Gasteiger partial charge in [0.25, 0.3) is 0 Å². The zero-order valence-corrected chi connectivity index (χ0v) is 14.5. The number of aromatic nitrogens is 6. The Hall–Kier alpha value is -2.87. The first kappa shape index (κ1) is 16.6. The van der Waals surface area contributed by atoms with Crippen LogP contribution in [0.3, 0.4) is 0 Å². The van der Waals surface area contributed by atoms with Crippen molar-refractivity contribution in [2.75, 3.05) is 18.4 Å². The summed E-state index contributed by atoms with van der Waals surface area (Å²) in [5, 5.41) is 10.3. The van der Waals surface area contributed by atoms with Gasteiger partial charge in [-0.1, -0.05) is 0 Å². The first-order chi connectivity index (χ1) is 12.8. The molecule has 1 saturated heterocycles. The topological polar surface area (TPSA) is 95.5 Å². The van der Waals surface area contributed by atoms with Crippen LogP contribution in [0.5, 0.6) is 0 Å². The van der Waals surface area contributed by atoms with Crippen molar-refractivity contribution in [2.24, 2.45) is 5.92 Å². The van der Waals surface area contributed by atoms with E-state index in [1.54, 1.807) is 24.9 Å². The normalized spacial score (nSPS) is 17.9. The number of likely N-dealkylation sites (tertiary alicyclic amines) is 1.